The highest BCUT2D eigenvalue weighted by Crippen LogP contribution is 2.34. The number of Topliss-reactive ketones (excluding diaryl/α,β-unsaturated/α-hetero) is 1. The Morgan fingerprint density at radius 2 is 2.07 bits per heavy atom. The van der Waals surface area contributed by atoms with E-state index in [1.807, 2.05) is 0 Å². The summed E-state index contributed by atoms with van der Waals surface area (Å²) in [6, 6.07) is 0. The van der Waals surface area contributed by atoms with E-state index < -0.39 is 0 Å². The molecule has 1 N–H and O–H groups in total. The SMILES string of the molecule is CCC1(C(=O)C2CCCC2)CCCN1. The molecule has 0 bridgehead atoms. The molecule has 1 saturated heterocycles. The first kappa shape index (κ1) is 10.2. The van der Waals surface area contributed by atoms with Crippen LogP contribution in [0.3, 0.4) is 0 Å². The molecule has 0 spiro atoms. The van der Waals surface area contributed by atoms with E-state index in [0.29, 0.717) is 11.7 Å². The van der Waals surface area contributed by atoms with Crippen LogP contribution < -0.4 is 5.32 Å². The van der Waals surface area contributed by atoms with Gasteiger partial charge in [-0.05, 0) is 38.6 Å². The smallest absolute Gasteiger partial charge is 0.155 e. The van der Waals surface area contributed by atoms with Crippen molar-refractivity contribution in [2.45, 2.75) is 57.4 Å². The summed E-state index contributed by atoms with van der Waals surface area (Å²) in [5.41, 5.74) is -0.130. The lowest BCUT2D eigenvalue weighted by atomic mass is 9.82. The van der Waals surface area contributed by atoms with Gasteiger partial charge in [-0.1, -0.05) is 19.8 Å². The molecule has 1 saturated carbocycles. The van der Waals surface area contributed by atoms with Crippen LogP contribution in [0.5, 0.6) is 0 Å². The molecule has 2 fully saturated rings. The molecule has 0 amide bonds. The minimum absolute atomic E-state index is 0.130. The van der Waals surface area contributed by atoms with Crippen LogP contribution >= 0.6 is 0 Å². The van der Waals surface area contributed by atoms with Crippen LogP contribution in [0.1, 0.15) is 51.9 Å². The molecule has 2 aliphatic rings. The van der Waals surface area contributed by atoms with Crippen molar-refractivity contribution in [3.05, 3.63) is 0 Å². The Balaban J connectivity index is 2.06. The molecule has 1 aliphatic heterocycles. The number of hydrogen-bond acceptors (Lipinski definition) is 2. The molecule has 0 aromatic heterocycles. The van der Waals surface area contributed by atoms with Crippen LogP contribution in [-0.4, -0.2) is 17.9 Å². The molecule has 2 heteroatoms. The molecular weight excluding hydrogens is 174 g/mol. The molecule has 1 heterocycles. The Kier molecular flexibility index (Phi) is 2.91. The Morgan fingerprint density at radius 1 is 1.36 bits per heavy atom. The average Bonchev–Trinajstić information content (AvgIpc) is 2.89. The standard InChI is InChI=1S/C12H21NO/c1-2-12(8-5-9-13-12)11(14)10-6-3-4-7-10/h10,13H,2-9H2,1H3. The average molecular weight is 195 g/mol. The lowest BCUT2D eigenvalue weighted by Gasteiger charge is -2.29. The highest BCUT2D eigenvalue weighted by Gasteiger charge is 2.42. The maximum atomic E-state index is 12.3. The number of nitrogens with one attached hydrogen (secondary N) is 1. The summed E-state index contributed by atoms with van der Waals surface area (Å²) in [5, 5.41) is 3.45. The predicted molar refractivity (Wildman–Crippen MR) is 57.2 cm³/mol. The Labute approximate surface area is 86.5 Å². The minimum atomic E-state index is -0.130. The molecule has 1 atom stereocenters. The van der Waals surface area contributed by atoms with Gasteiger partial charge in [0, 0.05) is 5.92 Å². The zero-order chi connectivity index (χ0) is 10.0. The second kappa shape index (κ2) is 4.01. The van der Waals surface area contributed by atoms with Gasteiger partial charge in [0.25, 0.3) is 0 Å². The fraction of sp³-hybridized carbons (Fsp3) is 0.917. The first-order chi connectivity index (χ1) is 6.78. The van der Waals surface area contributed by atoms with E-state index in [0.717, 1.165) is 32.2 Å². The normalized spacial score (nSPS) is 33.8. The molecular formula is C12H21NO. The summed E-state index contributed by atoms with van der Waals surface area (Å²) in [4.78, 5) is 12.3. The third-order valence-electron chi connectivity index (χ3n) is 4.04. The van der Waals surface area contributed by atoms with Gasteiger partial charge in [0.1, 0.15) is 0 Å². The summed E-state index contributed by atoms with van der Waals surface area (Å²) in [6.45, 7) is 3.18. The fourth-order valence-electron chi connectivity index (χ4n) is 3.07. The Bertz CT molecular complexity index is 212. The van der Waals surface area contributed by atoms with Gasteiger partial charge in [0.15, 0.2) is 5.78 Å². The molecule has 0 aromatic carbocycles. The van der Waals surface area contributed by atoms with E-state index in [9.17, 15) is 4.79 Å². The van der Waals surface area contributed by atoms with Gasteiger partial charge in [-0.2, -0.15) is 0 Å². The number of carbonyl (C=O) groups excluding carboxylic acids is 1. The van der Waals surface area contributed by atoms with E-state index >= 15 is 0 Å². The number of rotatable bonds is 3. The monoisotopic (exact) mass is 195 g/mol. The summed E-state index contributed by atoms with van der Waals surface area (Å²) in [6.07, 6.45) is 8.02. The van der Waals surface area contributed by atoms with E-state index in [2.05, 4.69) is 12.2 Å². The molecule has 0 aromatic rings. The van der Waals surface area contributed by atoms with E-state index in [1.54, 1.807) is 0 Å². The van der Waals surface area contributed by atoms with Crippen molar-refractivity contribution in [2.24, 2.45) is 5.92 Å². The number of hydrogen-bond donors (Lipinski definition) is 1. The van der Waals surface area contributed by atoms with Gasteiger partial charge in [-0.3, -0.25) is 4.79 Å². The van der Waals surface area contributed by atoms with Crippen LogP contribution in [0.25, 0.3) is 0 Å². The minimum Gasteiger partial charge on any atom is -0.305 e. The summed E-state index contributed by atoms with van der Waals surface area (Å²) < 4.78 is 0. The maximum Gasteiger partial charge on any atom is 0.155 e. The fourth-order valence-corrected chi connectivity index (χ4v) is 3.07. The van der Waals surface area contributed by atoms with Gasteiger partial charge < -0.3 is 5.32 Å². The first-order valence-corrected chi connectivity index (χ1v) is 6.08. The zero-order valence-corrected chi connectivity index (χ0v) is 9.14. The van der Waals surface area contributed by atoms with Crippen molar-refractivity contribution in [2.75, 3.05) is 6.54 Å². The van der Waals surface area contributed by atoms with Crippen molar-refractivity contribution >= 4 is 5.78 Å². The molecule has 1 unspecified atom stereocenters. The van der Waals surface area contributed by atoms with Crippen molar-refractivity contribution in [3.63, 3.8) is 0 Å². The van der Waals surface area contributed by atoms with Crippen molar-refractivity contribution in [1.82, 2.24) is 5.32 Å². The van der Waals surface area contributed by atoms with Crippen LogP contribution in [0.15, 0.2) is 0 Å². The van der Waals surface area contributed by atoms with Crippen LogP contribution in [0, 0.1) is 5.92 Å². The second-order valence-corrected chi connectivity index (χ2v) is 4.81. The number of ketones is 1. The van der Waals surface area contributed by atoms with Crippen molar-refractivity contribution < 1.29 is 4.79 Å². The quantitative estimate of drug-likeness (QED) is 0.748. The molecule has 2 nitrogen and oxygen atoms in total. The second-order valence-electron chi connectivity index (χ2n) is 4.81. The zero-order valence-electron chi connectivity index (χ0n) is 9.14. The highest BCUT2D eigenvalue weighted by molar-refractivity contribution is 5.91. The van der Waals surface area contributed by atoms with Crippen LogP contribution in [0.2, 0.25) is 0 Å². The molecule has 80 valence electrons. The third kappa shape index (κ3) is 1.60. The molecule has 1 aliphatic carbocycles. The Hall–Kier alpha value is -0.370. The summed E-state index contributed by atoms with van der Waals surface area (Å²) >= 11 is 0. The van der Waals surface area contributed by atoms with Gasteiger partial charge in [-0.15, -0.1) is 0 Å². The van der Waals surface area contributed by atoms with Gasteiger partial charge in [-0.25, -0.2) is 0 Å². The van der Waals surface area contributed by atoms with Crippen LogP contribution in [-0.2, 0) is 4.79 Å². The highest BCUT2D eigenvalue weighted by atomic mass is 16.1. The largest absolute Gasteiger partial charge is 0.305 e. The summed E-state index contributed by atoms with van der Waals surface area (Å²) in [7, 11) is 0. The lowest BCUT2D eigenvalue weighted by molar-refractivity contribution is -0.128. The van der Waals surface area contributed by atoms with Gasteiger partial charge >= 0.3 is 0 Å². The third-order valence-corrected chi connectivity index (χ3v) is 4.04. The number of carbonyl (C=O) groups is 1. The molecule has 14 heavy (non-hydrogen) atoms. The van der Waals surface area contributed by atoms with Crippen molar-refractivity contribution in [3.8, 4) is 0 Å². The molecule has 0 radical (unpaired) electrons. The topological polar surface area (TPSA) is 29.1 Å². The first-order valence-electron chi connectivity index (χ1n) is 6.08. The summed E-state index contributed by atoms with van der Waals surface area (Å²) in [5.74, 6) is 0.899. The van der Waals surface area contributed by atoms with E-state index in [4.69, 9.17) is 0 Å². The Morgan fingerprint density at radius 3 is 2.57 bits per heavy atom. The van der Waals surface area contributed by atoms with Gasteiger partial charge in [0.2, 0.25) is 0 Å². The molecule has 2 rings (SSSR count). The van der Waals surface area contributed by atoms with Crippen LogP contribution in [0.4, 0.5) is 0 Å². The predicted octanol–water partition coefficient (Wildman–Crippen LogP) is 2.28. The van der Waals surface area contributed by atoms with E-state index in [1.165, 1.54) is 19.3 Å². The van der Waals surface area contributed by atoms with Gasteiger partial charge in [0.05, 0.1) is 5.54 Å². The lowest BCUT2D eigenvalue weighted by Crippen LogP contribution is -2.49. The van der Waals surface area contributed by atoms with E-state index in [-0.39, 0.29) is 5.54 Å². The maximum absolute atomic E-state index is 12.3. The van der Waals surface area contributed by atoms with Crippen molar-refractivity contribution in [1.29, 1.82) is 0 Å².